The summed E-state index contributed by atoms with van der Waals surface area (Å²) in [6.45, 7) is 0. The molecule has 2 N–H and O–H groups in total. The molecule has 0 aliphatic heterocycles. The Morgan fingerprint density at radius 1 is 1.28 bits per heavy atom. The fourth-order valence-corrected chi connectivity index (χ4v) is 2.42. The molecule has 1 aliphatic carbocycles. The van der Waals surface area contributed by atoms with Crippen molar-refractivity contribution in [3.63, 3.8) is 0 Å². The van der Waals surface area contributed by atoms with Crippen LogP contribution in [-0.2, 0) is 4.79 Å². The van der Waals surface area contributed by atoms with Crippen LogP contribution in [-0.4, -0.2) is 23.0 Å². The Kier molecular flexibility index (Phi) is 4.02. The number of hydrogen-bond acceptors (Lipinski definition) is 3. The van der Waals surface area contributed by atoms with E-state index >= 15 is 0 Å². The molecule has 5 nitrogen and oxygen atoms in total. The predicted octanol–water partition coefficient (Wildman–Crippen LogP) is 2.04. The molecule has 2 rings (SSSR count). The lowest BCUT2D eigenvalue weighted by Crippen LogP contribution is -2.42. The van der Waals surface area contributed by atoms with Crippen LogP contribution in [0.5, 0.6) is 0 Å². The third-order valence-corrected chi connectivity index (χ3v) is 3.43. The maximum Gasteiger partial charge on any atom is 0.308 e. The molecular weight excluding hydrogens is 234 g/mol. The zero-order chi connectivity index (χ0) is 13.0. The predicted molar refractivity (Wildman–Crippen MR) is 64.2 cm³/mol. The number of rotatable bonds is 3. The van der Waals surface area contributed by atoms with Gasteiger partial charge in [-0.05, 0) is 18.9 Å². The maximum atomic E-state index is 11.9. The Labute approximate surface area is 105 Å². The molecule has 1 heterocycles. The SMILES string of the molecule is O=C(NC1CCCCCC1C(=O)O)c1ccoc1. The summed E-state index contributed by atoms with van der Waals surface area (Å²) in [4.78, 5) is 23.1. The van der Waals surface area contributed by atoms with Crippen LogP contribution in [0.4, 0.5) is 0 Å². The van der Waals surface area contributed by atoms with Crippen molar-refractivity contribution < 1.29 is 19.1 Å². The summed E-state index contributed by atoms with van der Waals surface area (Å²) in [7, 11) is 0. The number of nitrogens with one attached hydrogen (secondary N) is 1. The first-order valence-corrected chi connectivity index (χ1v) is 6.24. The van der Waals surface area contributed by atoms with Crippen molar-refractivity contribution in [1.82, 2.24) is 5.32 Å². The molecule has 1 amide bonds. The molecule has 2 atom stereocenters. The van der Waals surface area contributed by atoms with E-state index in [4.69, 9.17) is 4.42 Å². The van der Waals surface area contributed by atoms with E-state index in [0.717, 1.165) is 25.7 Å². The number of carbonyl (C=O) groups excluding carboxylic acids is 1. The van der Waals surface area contributed by atoms with Crippen LogP contribution < -0.4 is 5.32 Å². The quantitative estimate of drug-likeness (QED) is 0.806. The summed E-state index contributed by atoms with van der Waals surface area (Å²) in [6, 6.07) is 1.29. The summed E-state index contributed by atoms with van der Waals surface area (Å²) < 4.78 is 4.85. The van der Waals surface area contributed by atoms with Crippen molar-refractivity contribution >= 4 is 11.9 Å². The van der Waals surface area contributed by atoms with Gasteiger partial charge in [-0.3, -0.25) is 9.59 Å². The number of aliphatic carboxylic acids is 1. The third kappa shape index (κ3) is 2.91. The van der Waals surface area contributed by atoms with E-state index in [1.807, 2.05) is 0 Å². The summed E-state index contributed by atoms with van der Waals surface area (Å²) in [5, 5.41) is 12.0. The van der Waals surface area contributed by atoms with Crippen LogP contribution in [0, 0.1) is 5.92 Å². The maximum absolute atomic E-state index is 11.9. The molecule has 0 radical (unpaired) electrons. The van der Waals surface area contributed by atoms with Crippen molar-refractivity contribution in [2.45, 2.75) is 38.1 Å². The third-order valence-electron chi connectivity index (χ3n) is 3.43. The van der Waals surface area contributed by atoms with E-state index in [1.165, 1.54) is 12.5 Å². The second kappa shape index (κ2) is 5.71. The van der Waals surface area contributed by atoms with Gasteiger partial charge in [-0.25, -0.2) is 0 Å². The first-order chi connectivity index (χ1) is 8.68. The van der Waals surface area contributed by atoms with Gasteiger partial charge in [-0.15, -0.1) is 0 Å². The summed E-state index contributed by atoms with van der Waals surface area (Å²) in [6.07, 6.45) is 7.04. The number of carbonyl (C=O) groups is 2. The highest BCUT2D eigenvalue weighted by Crippen LogP contribution is 2.24. The number of hydrogen-bond donors (Lipinski definition) is 2. The minimum atomic E-state index is -0.825. The number of amides is 1. The van der Waals surface area contributed by atoms with Crippen LogP contribution in [0.2, 0.25) is 0 Å². The van der Waals surface area contributed by atoms with Gasteiger partial charge < -0.3 is 14.8 Å². The Balaban J connectivity index is 2.04. The lowest BCUT2D eigenvalue weighted by Gasteiger charge is -2.22. The standard InChI is InChI=1S/C13H17NO4/c15-12(9-6-7-18-8-9)14-11-5-3-1-2-4-10(11)13(16)17/h6-8,10-11H,1-5H2,(H,14,15)(H,16,17). The topological polar surface area (TPSA) is 79.5 Å². The van der Waals surface area contributed by atoms with Crippen LogP contribution in [0.3, 0.4) is 0 Å². The fourth-order valence-electron chi connectivity index (χ4n) is 2.42. The molecule has 5 heteroatoms. The van der Waals surface area contributed by atoms with E-state index in [-0.39, 0.29) is 11.9 Å². The molecule has 0 spiro atoms. The molecule has 0 bridgehead atoms. The van der Waals surface area contributed by atoms with Crippen LogP contribution in [0.25, 0.3) is 0 Å². The number of carboxylic acid groups (broad SMARTS) is 1. The first-order valence-electron chi connectivity index (χ1n) is 6.24. The molecule has 1 saturated carbocycles. The lowest BCUT2D eigenvalue weighted by atomic mass is 9.94. The summed E-state index contributed by atoms with van der Waals surface area (Å²) in [5.41, 5.74) is 0.434. The molecule has 1 fully saturated rings. The van der Waals surface area contributed by atoms with Crippen molar-refractivity contribution in [3.8, 4) is 0 Å². The Bertz CT molecular complexity index is 413. The molecule has 0 aromatic carbocycles. The minimum absolute atomic E-state index is 0.262. The molecular formula is C13H17NO4. The first kappa shape index (κ1) is 12.7. The second-order valence-corrected chi connectivity index (χ2v) is 4.67. The smallest absolute Gasteiger partial charge is 0.308 e. The van der Waals surface area contributed by atoms with Gasteiger partial charge in [0.25, 0.3) is 5.91 Å². The van der Waals surface area contributed by atoms with Crippen molar-refractivity contribution in [2.75, 3.05) is 0 Å². The highest BCUT2D eigenvalue weighted by Gasteiger charge is 2.30. The number of furan rings is 1. The molecule has 18 heavy (non-hydrogen) atoms. The molecule has 1 aromatic rings. The van der Waals surface area contributed by atoms with Crippen LogP contribution in [0.1, 0.15) is 42.5 Å². The van der Waals surface area contributed by atoms with Gasteiger partial charge in [0, 0.05) is 6.04 Å². The molecule has 98 valence electrons. The highest BCUT2D eigenvalue weighted by molar-refractivity contribution is 5.94. The lowest BCUT2D eigenvalue weighted by molar-refractivity contribution is -0.142. The zero-order valence-corrected chi connectivity index (χ0v) is 10.1. The molecule has 1 aliphatic rings. The molecule has 1 aromatic heterocycles. The largest absolute Gasteiger partial charge is 0.481 e. The van der Waals surface area contributed by atoms with E-state index in [9.17, 15) is 14.7 Å². The van der Waals surface area contributed by atoms with Gasteiger partial charge in [-0.2, -0.15) is 0 Å². The van der Waals surface area contributed by atoms with Crippen molar-refractivity contribution in [2.24, 2.45) is 5.92 Å². The minimum Gasteiger partial charge on any atom is -0.481 e. The van der Waals surface area contributed by atoms with E-state index < -0.39 is 11.9 Å². The average molecular weight is 251 g/mol. The van der Waals surface area contributed by atoms with Gasteiger partial charge in [-0.1, -0.05) is 19.3 Å². The van der Waals surface area contributed by atoms with Gasteiger partial charge in [0.1, 0.15) is 6.26 Å². The van der Waals surface area contributed by atoms with Crippen LogP contribution >= 0.6 is 0 Å². The van der Waals surface area contributed by atoms with Gasteiger partial charge in [0.15, 0.2) is 0 Å². The Morgan fingerprint density at radius 2 is 2.06 bits per heavy atom. The second-order valence-electron chi connectivity index (χ2n) is 4.67. The monoisotopic (exact) mass is 251 g/mol. The Hall–Kier alpha value is -1.78. The number of carboxylic acids is 1. The molecule has 2 unspecified atom stereocenters. The van der Waals surface area contributed by atoms with Crippen molar-refractivity contribution in [1.29, 1.82) is 0 Å². The van der Waals surface area contributed by atoms with E-state index in [1.54, 1.807) is 6.07 Å². The fraction of sp³-hybridized carbons (Fsp3) is 0.538. The molecule has 0 saturated heterocycles. The summed E-state index contributed by atoms with van der Waals surface area (Å²) in [5.74, 6) is -1.57. The zero-order valence-electron chi connectivity index (χ0n) is 10.1. The van der Waals surface area contributed by atoms with E-state index in [2.05, 4.69) is 5.32 Å². The highest BCUT2D eigenvalue weighted by atomic mass is 16.4. The normalized spacial score (nSPS) is 24.2. The van der Waals surface area contributed by atoms with Crippen LogP contribution in [0.15, 0.2) is 23.0 Å². The van der Waals surface area contributed by atoms with Gasteiger partial charge >= 0.3 is 5.97 Å². The van der Waals surface area contributed by atoms with Crippen molar-refractivity contribution in [3.05, 3.63) is 24.2 Å². The van der Waals surface area contributed by atoms with E-state index in [0.29, 0.717) is 12.0 Å². The van der Waals surface area contributed by atoms with Gasteiger partial charge in [0.05, 0.1) is 17.7 Å². The Morgan fingerprint density at radius 3 is 2.72 bits per heavy atom. The van der Waals surface area contributed by atoms with Gasteiger partial charge in [0.2, 0.25) is 0 Å². The average Bonchev–Trinajstić information content (AvgIpc) is 2.77. The summed E-state index contributed by atoms with van der Waals surface area (Å²) >= 11 is 0.